The molecule has 3 heterocycles. The van der Waals surface area contributed by atoms with E-state index in [1.54, 1.807) is 6.33 Å². The maximum Gasteiger partial charge on any atom is 0.156 e. The first kappa shape index (κ1) is 12.1. The molecule has 2 aromatic heterocycles. The van der Waals surface area contributed by atoms with Crippen molar-refractivity contribution >= 4 is 0 Å². The Kier molecular flexibility index (Phi) is 3.03. The topological polar surface area (TPSA) is 68.6 Å². The van der Waals surface area contributed by atoms with E-state index in [1.807, 2.05) is 6.20 Å². The molecule has 0 bridgehead atoms. The van der Waals surface area contributed by atoms with Gasteiger partial charge < -0.3 is 9.72 Å². The maximum absolute atomic E-state index is 5.45. The molecular weight excluding hydrogens is 254 g/mol. The van der Waals surface area contributed by atoms with E-state index in [0.29, 0.717) is 11.8 Å². The fourth-order valence-corrected chi connectivity index (χ4v) is 2.74. The van der Waals surface area contributed by atoms with Gasteiger partial charge in [-0.3, -0.25) is 0 Å². The third-order valence-corrected chi connectivity index (χ3v) is 4.10. The molecule has 1 aliphatic carbocycles. The summed E-state index contributed by atoms with van der Waals surface area (Å²) < 4.78 is 7.56. The van der Waals surface area contributed by atoms with Gasteiger partial charge in [0.2, 0.25) is 0 Å². The average molecular weight is 273 g/mol. The van der Waals surface area contributed by atoms with Crippen molar-refractivity contribution in [1.82, 2.24) is 24.7 Å². The fourth-order valence-electron chi connectivity index (χ4n) is 2.74. The number of hydrogen-bond acceptors (Lipinski definition) is 4. The van der Waals surface area contributed by atoms with E-state index in [-0.39, 0.29) is 0 Å². The molecule has 20 heavy (non-hydrogen) atoms. The van der Waals surface area contributed by atoms with Gasteiger partial charge in [-0.25, -0.2) is 14.6 Å². The zero-order valence-corrected chi connectivity index (χ0v) is 11.5. The molecule has 1 saturated carbocycles. The van der Waals surface area contributed by atoms with Gasteiger partial charge in [-0.2, -0.15) is 5.10 Å². The van der Waals surface area contributed by atoms with Gasteiger partial charge in [-0.05, 0) is 19.3 Å². The quantitative estimate of drug-likeness (QED) is 0.899. The average Bonchev–Trinajstić information content (AvgIpc) is 2.94. The molecule has 1 aliphatic heterocycles. The largest absolute Gasteiger partial charge is 0.381 e. The highest BCUT2D eigenvalue weighted by Gasteiger charge is 2.32. The van der Waals surface area contributed by atoms with Crippen LogP contribution in [0.5, 0.6) is 0 Å². The minimum atomic E-state index is 0.390. The number of aromatic nitrogens is 5. The zero-order chi connectivity index (χ0) is 13.4. The molecule has 1 N–H and O–H groups in total. The molecule has 0 unspecified atom stereocenters. The van der Waals surface area contributed by atoms with Gasteiger partial charge in [0.15, 0.2) is 5.82 Å². The van der Waals surface area contributed by atoms with Crippen molar-refractivity contribution in [3.63, 3.8) is 0 Å². The molecule has 2 fully saturated rings. The van der Waals surface area contributed by atoms with Crippen molar-refractivity contribution in [2.75, 3.05) is 13.2 Å². The van der Waals surface area contributed by atoms with Crippen LogP contribution in [0.4, 0.5) is 0 Å². The second-order valence-electron chi connectivity index (χ2n) is 5.71. The highest BCUT2D eigenvalue weighted by molar-refractivity contribution is 5.10. The molecule has 6 heteroatoms. The Labute approximate surface area is 117 Å². The lowest BCUT2D eigenvalue weighted by Gasteiger charge is -2.03. The molecular formula is C14H19N5O. The van der Waals surface area contributed by atoms with Crippen molar-refractivity contribution < 1.29 is 4.74 Å². The van der Waals surface area contributed by atoms with E-state index in [9.17, 15) is 0 Å². The third kappa shape index (κ3) is 2.35. The second-order valence-corrected chi connectivity index (χ2v) is 5.71. The van der Waals surface area contributed by atoms with Crippen LogP contribution in [0.3, 0.4) is 0 Å². The summed E-state index contributed by atoms with van der Waals surface area (Å²) in [6, 6.07) is 0. The predicted octanol–water partition coefficient (Wildman–Crippen LogP) is 1.63. The van der Waals surface area contributed by atoms with E-state index < -0.39 is 0 Å². The number of hydrogen-bond donors (Lipinski definition) is 1. The van der Waals surface area contributed by atoms with Crippen LogP contribution >= 0.6 is 0 Å². The molecule has 0 radical (unpaired) electrons. The van der Waals surface area contributed by atoms with Gasteiger partial charge in [-0.15, -0.1) is 0 Å². The van der Waals surface area contributed by atoms with Crippen LogP contribution in [0.15, 0.2) is 12.5 Å². The van der Waals surface area contributed by atoms with E-state index >= 15 is 0 Å². The van der Waals surface area contributed by atoms with Crippen molar-refractivity contribution in [1.29, 1.82) is 0 Å². The van der Waals surface area contributed by atoms with Gasteiger partial charge in [0.1, 0.15) is 5.82 Å². The molecule has 1 atom stereocenters. The van der Waals surface area contributed by atoms with Crippen LogP contribution in [-0.2, 0) is 17.7 Å². The summed E-state index contributed by atoms with van der Waals surface area (Å²) in [6.07, 6.45) is 8.07. The van der Waals surface area contributed by atoms with Gasteiger partial charge in [-0.1, -0.05) is 0 Å². The van der Waals surface area contributed by atoms with Gasteiger partial charge in [0.25, 0.3) is 0 Å². The van der Waals surface area contributed by atoms with E-state index in [0.717, 1.165) is 44.1 Å². The van der Waals surface area contributed by atoms with E-state index in [1.165, 1.54) is 18.7 Å². The van der Waals surface area contributed by atoms with Crippen molar-refractivity contribution in [3.05, 3.63) is 29.9 Å². The Hall–Kier alpha value is -1.69. The summed E-state index contributed by atoms with van der Waals surface area (Å²) >= 11 is 0. The monoisotopic (exact) mass is 273 g/mol. The number of aromatic amines is 1. The normalized spacial score (nSPS) is 22.5. The highest BCUT2D eigenvalue weighted by Crippen LogP contribution is 2.39. The lowest BCUT2D eigenvalue weighted by Crippen LogP contribution is -2.08. The molecule has 6 nitrogen and oxygen atoms in total. The van der Waals surface area contributed by atoms with Crippen LogP contribution in [0.2, 0.25) is 0 Å². The first-order valence-electron chi connectivity index (χ1n) is 7.40. The summed E-state index contributed by atoms with van der Waals surface area (Å²) in [5, 5.41) is 4.74. The van der Waals surface area contributed by atoms with Crippen LogP contribution in [0, 0.1) is 0 Å². The Morgan fingerprint density at radius 2 is 2.25 bits per heavy atom. The van der Waals surface area contributed by atoms with Gasteiger partial charge >= 0.3 is 0 Å². The van der Waals surface area contributed by atoms with Crippen LogP contribution in [-0.4, -0.2) is 37.9 Å². The summed E-state index contributed by atoms with van der Waals surface area (Å²) in [5.41, 5.74) is 1.15. The molecule has 106 valence electrons. The van der Waals surface area contributed by atoms with Gasteiger partial charge in [0.05, 0.1) is 12.9 Å². The van der Waals surface area contributed by atoms with E-state index in [4.69, 9.17) is 14.8 Å². The van der Waals surface area contributed by atoms with Crippen molar-refractivity contribution in [3.8, 4) is 0 Å². The predicted molar refractivity (Wildman–Crippen MR) is 72.5 cm³/mol. The lowest BCUT2D eigenvalue weighted by molar-refractivity contribution is 0.193. The minimum Gasteiger partial charge on any atom is -0.381 e. The Balaban J connectivity index is 1.53. The second kappa shape index (κ2) is 5.01. The number of nitrogens with one attached hydrogen (secondary N) is 1. The number of H-pyrrole nitrogens is 1. The van der Waals surface area contributed by atoms with Gasteiger partial charge in [0, 0.05) is 43.3 Å². The van der Waals surface area contributed by atoms with E-state index in [2.05, 4.69) is 14.6 Å². The first-order valence-corrected chi connectivity index (χ1v) is 7.40. The molecule has 4 rings (SSSR count). The zero-order valence-electron chi connectivity index (χ0n) is 11.5. The standard InChI is InChI=1S/C14H19N5O/c1-2-10(1)14-17-13(11-4-6-20-8-11)18-19(14)5-3-12-7-15-9-16-12/h7,9-11H,1-6,8H2,(H,15,16)/t11-/m0/s1. The smallest absolute Gasteiger partial charge is 0.156 e. The minimum absolute atomic E-state index is 0.390. The van der Waals surface area contributed by atoms with Crippen LogP contribution in [0.1, 0.15) is 48.4 Å². The summed E-state index contributed by atoms with van der Waals surface area (Å²) in [7, 11) is 0. The summed E-state index contributed by atoms with van der Waals surface area (Å²) in [6.45, 7) is 2.48. The number of nitrogens with zero attached hydrogens (tertiary/aromatic N) is 4. The van der Waals surface area contributed by atoms with Crippen molar-refractivity contribution in [2.24, 2.45) is 0 Å². The molecule has 0 aromatic carbocycles. The summed E-state index contributed by atoms with van der Waals surface area (Å²) in [5.74, 6) is 3.17. The Bertz CT molecular complexity index is 566. The van der Waals surface area contributed by atoms with Crippen LogP contribution < -0.4 is 0 Å². The van der Waals surface area contributed by atoms with Crippen LogP contribution in [0.25, 0.3) is 0 Å². The third-order valence-electron chi connectivity index (χ3n) is 4.10. The lowest BCUT2D eigenvalue weighted by atomic mass is 10.1. The molecule has 0 spiro atoms. The summed E-state index contributed by atoms with van der Waals surface area (Å²) in [4.78, 5) is 12.0. The number of aryl methyl sites for hydroxylation is 2. The first-order chi connectivity index (χ1) is 9.90. The Morgan fingerprint density at radius 1 is 1.30 bits per heavy atom. The number of imidazole rings is 1. The SMILES string of the molecule is c1ncc(CCn2nc([C@H]3CCOC3)nc2C2CC2)[nH]1. The highest BCUT2D eigenvalue weighted by atomic mass is 16.5. The number of rotatable bonds is 5. The Morgan fingerprint density at radius 3 is 2.95 bits per heavy atom. The molecule has 1 saturated heterocycles. The molecule has 2 aromatic rings. The fraction of sp³-hybridized carbons (Fsp3) is 0.643. The maximum atomic E-state index is 5.45. The van der Waals surface area contributed by atoms with Crippen molar-refractivity contribution in [2.45, 2.75) is 44.1 Å². The molecule has 2 aliphatic rings. The molecule has 0 amide bonds. The number of ether oxygens (including phenoxy) is 1.